The van der Waals surface area contributed by atoms with Crippen molar-refractivity contribution in [2.24, 2.45) is 0 Å². The topological polar surface area (TPSA) is 78.7 Å². The Morgan fingerprint density at radius 3 is 2.73 bits per heavy atom. The molecule has 3 rings (SSSR count). The van der Waals surface area contributed by atoms with Crippen LogP contribution in [0.2, 0.25) is 0 Å². The van der Waals surface area contributed by atoms with Crippen LogP contribution < -0.4 is 10.4 Å². The van der Waals surface area contributed by atoms with E-state index in [4.69, 9.17) is 5.11 Å². The van der Waals surface area contributed by atoms with E-state index in [1.807, 2.05) is 14.0 Å². The number of hydrogen-bond acceptors (Lipinski definition) is 5. The van der Waals surface area contributed by atoms with Crippen molar-refractivity contribution in [2.45, 2.75) is 19.9 Å². The molecule has 1 fully saturated rings. The van der Waals surface area contributed by atoms with E-state index in [0.29, 0.717) is 17.6 Å². The van der Waals surface area contributed by atoms with Crippen LogP contribution in [0.5, 0.6) is 0 Å². The van der Waals surface area contributed by atoms with Gasteiger partial charge in [0.2, 0.25) is 5.43 Å². The van der Waals surface area contributed by atoms with Crippen molar-refractivity contribution in [3.63, 3.8) is 0 Å². The van der Waals surface area contributed by atoms with Gasteiger partial charge in [0.1, 0.15) is 17.0 Å². The van der Waals surface area contributed by atoms with Gasteiger partial charge in [-0.15, -0.1) is 0 Å². The number of aryl methyl sites for hydroxylation is 1. The number of pyridine rings is 2. The highest BCUT2D eigenvalue weighted by molar-refractivity contribution is 5.92. The molecule has 1 N–H and O–H groups in total. The fraction of sp³-hybridized carbons (Fsp3) is 0.400. The Morgan fingerprint density at radius 2 is 2.14 bits per heavy atom. The van der Waals surface area contributed by atoms with Crippen molar-refractivity contribution in [3.8, 4) is 0 Å². The minimum absolute atomic E-state index is 0.220. The Labute approximate surface area is 127 Å². The van der Waals surface area contributed by atoms with E-state index in [-0.39, 0.29) is 5.56 Å². The Bertz CT molecular complexity index is 799. The second kappa shape index (κ2) is 5.42. The number of hydrazine groups is 1. The molecule has 7 heteroatoms. The van der Waals surface area contributed by atoms with Crippen molar-refractivity contribution in [1.29, 1.82) is 0 Å². The van der Waals surface area contributed by atoms with Gasteiger partial charge in [-0.05, 0) is 25.5 Å². The number of rotatable bonds is 3. The molecule has 2 aromatic rings. The third-order valence-electron chi connectivity index (χ3n) is 4.01. The molecule has 116 valence electrons. The molecule has 0 amide bonds. The molecule has 1 aliphatic rings. The molecule has 0 atom stereocenters. The number of carbonyl (C=O) groups is 1. The van der Waals surface area contributed by atoms with Gasteiger partial charge < -0.3 is 9.67 Å². The van der Waals surface area contributed by atoms with Crippen LogP contribution >= 0.6 is 0 Å². The SMILES string of the molecule is CCn1cc(C(=O)O)c(=O)c2ccc(N3CCCN3C)nc21. The molecule has 0 unspecified atom stereocenters. The van der Waals surface area contributed by atoms with Crippen molar-refractivity contribution < 1.29 is 9.90 Å². The summed E-state index contributed by atoms with van der Waals surface area (Å²) in [5.74, 6) is -0.436. The molecule has 7 nitrogen and oxygen atoms in total. The highest BCUT2D eigenvalue weighted by Crippen LogP contribution is 2.21. The summed E-state index contributed by atoms with van der Waals surface area (Å²) < 4.78 is 1.71. The van der Waals surface area contributed by atoms with Crippen molar-refractivity contribution in [3.05, 3.63) is 34.1 Å². The Balaban J connectivity index is 2.22. The first-order valence-electron chi connectivity index (χ1n) is 7.29. The van der Waals surface area contributed by atoms with Crippen LogP contribution in [-0.2, 0) is 6.54 Å². The van der Waals surface area contributed by atoms with E-state index < -0.39 is 11.4 Å². The lowest BCUT2D eigenvalue weighted by molar-refractivity contribution is 0.0695. The Morgan fingerprint density at radius 1 is 1.36 bits per heavy atom. The Hall–Kier alpha value is -2.41. The minimum atomic E-state index is -1.21. The van der Waals surface area contributed by atoms with Crippen molar-refractivity contribution in [1.82, 2.24) is 14.6 Å². The predicted octanol–water partition coefficient (Wildman–Crippen LogP) is 1.17. The van der Waals surface area contributed by atoms with Crippen LogP contribution in [0.4, 0.5) is 5.82 Å². The number of anilines is 1. The number of fused-ring (bicyclic) bond motifs is 1. The smallest absolute Gasteiger partial charge is 0.341 e. The first-order chi connectivity index (χ1) is 10.5. The van der Waals surface area contributed by atoms with E-state index in [1.54, 1.807) is 16.7 Å². The molecule has 0 spiro atoms. The van der Waals surface area contributed by atoms with Gasteiger partial charge in [0.15, 0.2) is 0 Å². The van der Waals surface area contributed by atoms with Crippen molar-refractivity contribution >= 4 is 22.8 Å². The summed E-state index contributed by atoms with van der Waals surface area (Å²) in [5, 5.41) is 13.7. The zero-order chi connectivity index (χ0) is 15.9. The van der Waals surface area contributed by atoms with Gasteiger partial charge in [-0.2, -0.15) is 0 Å². The molecular weight excluding hydrogens is 284 g/mol. The number of carboxylic acid groups (broad SMARTS) is 1. The second-order valence-electron chi connectivity index (χ2n) is 5.36. The molecule has 0 saturated carbocycles. The zero-order valence-corrected chi connectivity index (χ0v) is 12.6. The molecule has 1 aliphatic heterocycles. The van der Waals surface area contributed by atoms with Gasteiger partial charge in [-0.1, -0.05) is 0 Å². The van der Waals surface area contributed by atoms with E-state index in [9.17, 15) is 9.59 Å². The van der Waals surface area contributed by atoms with E-state index in [1.165, 1.54) is 6.20 Å². The number of hydrogen-bond donors (Lipinski definition) is 1. The van der Waals surface area contributed by atoms with Crippen LogP contribution in [0, 0.1) is 0 Å². The quantitative estimate of drug-likeness (QED) is 0.917. The second-order valence-corrected chi connectivity index (χ2v) is 5.36. The predicted molar refractivity (Wildman–Crippen MR) is 83.2 cm³/mol. The third-order valence-corrected chi connectivity index (χ3v) is 4.01. The summed E-state index contributed by atoms with van der Waals surface area (Å²) in [6.07, 6.45) is 2.44. The minimum Gasteiger partial charge on any atom is -0.477 e. The fourth-order valence-electron chi connectivity index (χ4n) is 2.82. The van der Waals surface area contributed by atoms with Gasteiger partial charge in [-0.3, -0.25) is 9.80 Å². The molecule has 0 aromatic carbocycles. The molecule has 3 heterocycles. The van der Waals surface area contributed by atoms with Crippen LogP contribution in [0.1, 0.15) is 23.7 Å². The zero-order valence-electron chi connectivity index (χ0n) is 12.6. The molecule has 2 aromatic heterocycles. The summed E-state index contributed by atoms with van der Waals surface area (Å²) in [5.41, 5.74) is -0.182. The fourth-order valence-corrected chi connectivity index (χ4v) is 2.82. The Kier molecular flexibility index (Phi) is 3.58. The monoisotopic (exact) mass is 302 g/mol. The van der Waals surface area contributed by atoms with Gasteiger partial charge in [0.05, 0.1) is 5.39 Å². The van der Waals surface area contributed by atoms with Gasteiger partial charge in [0.25, 0.3) is 0 Å². The molecule has 0 radical (unpaired) electrons. The van der Waals surface area contributed by atoms with Gasteiger partial charge >= 0.3 is 5.97 Å². The first-order valence-corrected chi connectivity index (χ1v) is 7.29. The molecule has 1 saturated heterocycles. The lowest BCUT2D eigenvalue weighted by Crippen LogP contribution is -2.33. The average Bonchev–Trinajstić information content (AvgIpc) is 2.93. The van der Waals surface area contributed by atoms with Crippen LogP contribution in [-0.4, -0.2) is 45.8 Å². The standard InChI is InChI=1S/C15H18N4O3/c1-3-18-9-11(15(21)22)13(20)10-5-6-12(16-14(10)18)19-8-4-7-17(19)2/h5-6,9H,3-4,7-8H2,1-2H3,(H,21,22). The van der Waals surface area contributed by atoms with Crippen LogP contribution in [0.15, 0.2) is 23.1 Å². The van der Waals surface area contributed by atoms with Gasteiger partial charge in [0, 0.05) is 32.9 Å². The van der Waals surface area contributed by atoms with Crippen molar-refractivity contribution in [2.75, 3.05) is 25.1 Å². The van der Waals surface area contributed by atoms with Gasteiger partial charge in [-0.25, -0.2) is 14.8 Å². The highest BCUT2D eigenvalue weighted by Gasteiger charge is 2.21. The van der Waals surface area contributed by atoms with Crippen LogP contribution in [0.3, 0.4) is 0 Å². The van der Waals surface area contributed by atoms with E-state index >= 15 is 0 Å². The number of carboxylic acids is 1. The lowest BCUT2D eigenvalue weighted by Gasteiger charge is -2.25. The molecule has 0 aliphatic carbocycles. The number of aromatic nitrogens is 2. The van der Waals surface area contributed by atoms with Crippen LogP contribution in [0.25, 0.3) is 11.0 Å². The summed E-state index contributed by atoms with van der Waals surface area (Å²) in [7, 11) is 2.00. The first kappa shape index (κ1) is 14.5. The number of nitrogens with zero attached hydrogens (tertiary/aromatic N) is 4. The lowest BCUT2D eigenvalue weighted by atomic mass is 10.2. The maximum Gasteiger partial charge on any atom is 0.341 e. The maximum absolute atomic E-state index is 12.3. The molecule has 22 heavy (non-hydrogen) atoms. The summed E-state index contributed by atoms with van der Waals surface area (Å²) >= 11 is 0. The van der Waals surface area contributed by atoms with E-state index in [2.05, 4.69) is 15.0 Å². The highest BCUT2D eigenvalue weighted by atomic mass is 16.4. The molecule has 0 bridgehead atoms. The number of aromatic carboxylic acids is 1. The summed E-state index contributed by atoms with van der Waals surface area (Å²) in [6.45, 7) is 4.30. The third kappa shape index (κ3) is 2.23. The molecular formula is C15H18N4O3. The largest absolute Gasteiger partial charge is 0.477 e. The normalized spacial score (nSPS) is 15.6. The van der Waals surface area contributed by atoms with E-state index in [0.717, 1.165) is 25.3 Å². The maximum atomic E-state index is 12.3. The average molecular weight is 302 g/mol. The summed E-state index contributed by atoms with van der Waals surface area (Å²) in [6, 6.07) is 3.45. The summed E-state index contributed by atoms with van der Waals surface area (Å²) in [4.78, 5) is 28.1.